The fourth-order valence-electron chi connectivity index (χ4n) is 2.48. The highest BCUT2D eigenvalue weighted by molar-refractivity contribution is 6.33. The maximum Gasteiger partial charge on any atom is 0.345 e. The van der Waals surface area contributed by atoms with E-state index >= 15 is 0 Å². The van der Waals surface area contributed by atoms with Crippen LogP contribution in [0.4, 0.5) is 5.69 Å². The smallest absolute Gasteiger partial charge is 0.345 e. The molecule has 0 aliphatic rings. The third-order valence-corrected chi connectivity index (χ3v) is 4.39. The molecule has 3 rings (SSSR count). The lowest BCUT2D eigenvalue weighted by Crippen LogP contribution is -2.24. The molecule has 0 saturated heterocycles. The molecule has 0 radical (unpaired) electrons. The lowest BCUT2D eigenvalue weighted by atomic mass is 10.1. The second kappa shape index (κ2) is 9.63. The van der Waals surface area contributed by atoms with Crippen molar-refractivity contribution in [1.29, 1.82) is 0 Å². The molecule has 0 saturated carbocycles. The van der Waals surface area contributed by atoms with Gasteiger partial charge < -0.3 is 4.74 Å². The number of carbonyl (C=O) groups excluding carboxylic acids is 2. The number of aromatic nitrogens is 2. The number of esters is 1. The van der Waals surface area contributed by atoms with Crippen molar-refractivity contribution in [3.05, 3.63) is 87.2 Å². The average molecular weight is 442 g/mol. The Balaban J connectivity index is 1.57. The molecule has 3 aromatic rings. The van der Waals surface area contributed by atoms with Gasteiger partial charge in [-0.1, -0.05) is 23.7 Å². The van der Waals surface area contributed by atoms with Crippen LogP contribution in [0.25, 0.3) is 0 Å². The van der Waals surface area contributed by atoms with E-state index in [1.807, 2.05) is 0 Å². The first kappa shape index (κ1) is 21.7. The zero-order valence-electron chi connectivity index (χ0n) is 16.2. The number of nitrogens with zero attached hydrogens (tertiary/aromatic N) is 4. The van der Waals surface area contributed by atoms with E-state index in [-0.39, 0.29) is 17.8 Å². The Morgan fingerprint density at radius 1 is 1.23 bits per heavy atom. The predicted octanol–water partition coefficient (Wildman–Crippen LogP) is 3.20. The molecule has 1 amide bonds. The van der Waals surface area contributed by atoms with Crippen LogP contribution in [0.15, 0.2) is 66.0 Å². The second-order valence-corrected chi connectivity index (χ2v) is 6.69. The molecule has 0 fully saturated rings. The van der Waals surface area contributed by atoms with Gasteiger partial charge in [0.2, 0.25) is 0 Å². The summed E-state index contributed by atoms with van der Waals surface area (Å²) in [6.07, 6.45) is 2.21. The fourth-order valence-corrected chi connectivity index (χ4v) is 2.69. The third kappa shape index (κ3) is 5.73. The van der Waals surface area contributed by atoms with Crippen LogP contribution >= 0.6 is 11.6 Å². The van der Waals surface area contributed by atoms with Gasteiger partial charge in [-0.3, -0.25) is 19.6 Å². The maximum absolute atomic E-state index is 12.2. The number of halogens is 1. The summed E-state index contributed by atoms with van der Waals surface area (Å²) < 4.78 is 6.45. The number of rotatable bonds is 7. The molecule has 1 heterocycles. The third-order valence-electron chi connectivity index (χ3n) is 4.06. The van der Waals surface area contributed by atoms with Gasteiger partial charge in [0.15, 0.2) is 0 Å². The number of benzene rings is 2. The summed E-state index contributed by atoms with van der Waals surface area (Å²) >= 11 is 5.99. The van der Waals surface area contributed by atoms with Crippen molar-refractivity contribution >= 4 is 34.9 Å². The summed E-state index contributed by atoms with van der Waals surface area (Å²) in [7, 11) is 0. The molecule has 1 N–H and O–H groups in total. The number of ether oxygens (including phenoxy) is 1. The van der Waals surface area contributed by atoms with Gasteiger partial charge in [0.1, 0.15) is 24.7 Å². The van der Waals surface area contributed by atoms with Crippen molar-refractivity contribution in [3.63, 3.8) is 0 Å². The Hall–Kier alpha value is -4.05. The van der Waals surface area contributed by atoms with Gasteiger partial charge in [-0.25, -0.2) is 10.2 Å². The van der Waals surface area contributed by atoms with Gasteiger partial charge >= 0.3 is 11.7 Å². The van der Waals surface area contributed by atoms with Crippen LogP contribution in [0.1, 0.15) is 22.8 Å². The van der Waals surface area contributed by atoms with Crippen LogP contribution in [0.5, 0.6) is 5.75 Å². The summed E-state index contributed by atoms with van der Waals surface area (Å²) in [5.41, 5.74) is 3.61. The van der Waals surface area contributed by atoms with Gasteiger partial charge in [0, 0.05) is 0 Å². The quantitative estimate of drug-likeness (QED) is 0.197. The molecule has 31 heavy (non-hydrogen) atoms. The van der Waals surface area contributed by atoms with Crippen molar-refractivity contribution in [2.45, 2.75) is 13.5 Å². The van der Waals surface area contributed by atoms with Crippen LogP contribution in [-0.4, -0.2) is 32.3 Å². The standard InChI is InChI=1S/C20H16ClN5O5/c1-13(23-24-19(27)12-25-11-15(10-22-25)26(29)30)14-6-8-16(9-7-14)31-20(28)17-4-2-3-5-18(17)21/h2-11H,12H2,1H3,(H,24,27)/b23-13+. The lowest BCUT2D eigenvalue weighted by Gasteiger charge is -2.07. The number of hydrazone groups is 1. The SMILES string of the molecule is C/C(=N\NC(=O)Cn1cc([N+](=O)[O-])cn1)c1ccc(OC(=O)c2ccccc2Cl)cc1. The zero-order valence-corrected chi connectivity index (χ0v) is 16.9. The average Bonchev–Trinajstić information content (AvgIpc) is 3.21. The van der Waals surface area contributed by atoms with Crippen LogP contribution in [0, 0.1) is 10.1 Å². The summed E-state index contributed by atoms with van der Waals surface area (Å²) in [6, 6.07) is 13.1. The van der Waals surface area contributed by atoms with Gasteiger partial charge in [0.05, 0.1) is 21.2 Å². The van der Waals surface area contributed by atoms with Crippen molar-refractivity contribution in [2.75, 3.05) is 0 Å². The summed E-state index contributed by atoms with van der Waals surface area (Å²) in [4.78, 5) is 34.2. The number of amides is 1. The van der Waals surface area contributed by atoms with Crippen molar-refractivity contribution < 1.29 is 19.2 Å². The Kier molecular flexibility index (Phi) is 6.73. The molecule has 0 unspecified atom stereocenters. The van der Waals surface area contributed by atoms with E-state index in [0.717, 1.165) is 17.1 Å². The van der Waals surface area contributed by atoms with E-state index in [1.54, 1.807) is 55.5 Å². The molecule has 0 aliphatic heterocycles. The Labute approximate surface area is 181 Å². The van der Waals surface area contributed by atoms with Crippen LogP contribution in [0.2, 0.25) is 5.02 Å². The Bertz CT molecular complexity index is 1160. The number of hydrogen-bond acceptors (Lipinski definition) is 7. The zero-order chi connectivity index (χ0) is 22.4. The topological polar surface area (TPSA) is 129 Å². The highest BCUT2D eigenvalue weighted by Gasteiger charge is 2.13. The summed E-state index contributed by atoms with van der Waals surface area (Å²) in [6.45, 7) is 1.46. The monoisotopic (exact) mass is 441 g/mol. The molecule has 0 aliphatic carbocycles. The maximum atomic E-state index is 12.2. The van der Waals surface area contributed by atoms with E-state index in [9.17, 15) is 19.7 Å². The largest absolute Gasteiger partial charge is 0.423 e. The van der Waals surface area contributed by atoms with Crippen LogP contribution in [0.3, 0.4) is 0 Å². The Morgan fingerprint density at radius 2 is 1.94 bits per heavy atom. The van der Waals surface area contributed by atoms with Gasteiger partial charge in [0.25, 0.3) is 5.91 Å². The normalized spacial score (nSPS) is 11.1. The predicted molar refractivity (Wildman–Crippen MR) is 112 cm³/mol. The number of carbonyl (C=O) groups is 2. The minimum absolute atomic E-state index is 0.206. The van der Waals surface area contributed by atoms with E-state index in [4.69, 9.17) is 16.3 Å². The van der Waals surface area contributed by atoms with Gasteiger partial charge in [-0.05, 0) is 48.9 Å². The molecule has 1 aromatic heterocycles. The first-order valence-electron chi connectivity index (χ1n) is 8.90. The minimum Gasteiger partial charge on any atom is -0.423 e. The van der Waals surface area contributed by atoms with Crippen LogP contribution in [-0.2, 0) is 11.3 Å². The highest BCUT2D eigenvalue weighted by atomic mass is 35.5. The van der Waals surface area contributed by atoms with Crippen LogP contribution < -0.4 is 10.2 Å². The molecule has 11 heteroatoms. The molecule has 10 nitrogen and oxygen atoms in total. The van der Waals surface area contributed by atoms with Gasteiger partial charge in [-0.2, -0.15) is 10.2 Å². The molecule has 0 bridgehead atoms. The second-order valence-electron chi connectivity index (χ2n) is 6.28. The molecule has 2 aromatic carbocycles. The van der Waals surface area contributed by atoms with Crippen molar-refractivity contribution in [2.24, 2.45) is 5.10 Å². The fraction of sp³-hybridized carbons (Fsp3) is 0.100. The Morgan fingerprint density at radius 3 is 2.58 bits per heavy atom. The minimum atomic E-state index is -0.598. The number of hydrogen-bond donors (Lipinski definition) is 1. The number of nitro groups is 1. The molecular formula is C20H16ClN5O5. The highest BCUT2D eigenvalue weighted by Crippen LogP contribution is 2.19. The van der Waals surface area contributed by atoms with Crippen molar-refractivity contribution in [3.8, 4) is 5.75 Å². The molecule has 0 spiro atoms. The lowest BCUT2D eigenvalue weighted by molar-refractivity contribution is -0.385. The van der Waals surface area contributed by atoms with Crippen molar-refractivity contribution in [1.82, 2.24) is 15.2 Å². The number of nitrogens with one attached hydrogen (secondary N) is 1. The van der Waals surface area contributed by atoms with E-state index < -0.39 is 16.8 Å². The van der Waals surface area contributed by atoms with E-state index in [0.29, 0.717) is 22.0 Å². The molecule has 0 atom stereocenters. The van der Waals surface area contributed by atoms with E-state index in [1.165, 1.54) is 0 Å². The molecular weight excluding hydrogens is 426 g/mol. The summed E-state index contributed by atoms with van der Waals surface area (Å²) in [5, 5.41) is 18.7. The van der Waals surface area contributed by atoms with E-state index in [2.05, 4.69) is 15.6 Å². The summed E-state index contributed by atoms with van der Waals surface area (Å²) in [5.74, 6) is -0.747. The first-order valence-corrected chi connectivity index (χ1v) is 9.28. The van der Waals surface area contributed by atoms with Gasteiger partial charge in [-0.15, -0.1) is 0 Å². The first-order chi connectivity index (χ1) is 14.8. The molecule has 158 valence electrons.